The Morgan fingerprint density at radius 2 is 1.83 bits per heavy atom. The van der Waals surface area contributed by atoms with Gasteiger partial charge in [0.1, 0.15) is 11.4 Å². The lowest BCUT2D eigenvalue weighted by Gasteiger charge is -2.09. The average molecular weight is 351 g/mol. The third-order valence-electron chi connectivity index (χ3n) is 3.39. The van der Waals surface area contributed by atoms with E-state index in [0.717, 1.165) is 11.6 Å². The van der Waals surface area contributed by atoms with Gasteiger partial charge in [-0.1, -0.05) is 12.1 Å². The molecule has 9 heteroatoms. The Bertz CT molecular complexity index is 835. The van der Waals surface area contributed by atoms with Gasteiger partial charge in [-0.25, -0.2) is 13.1 Å². The summed E-state index contributed by atoms with van der Waals surface area (Å²) in [5.41, 5.74) is 0.836. The van der Waals surface area contributed by atoms with Gasteiger partial charge in [0, 0.05) is 12.6 Å². The second kappa shape index (κ2) is 7.28. The van der Waals surface area contributed by atoms with E-state index in [-0.39, 0.29) is 16.3 Å². The second-order valence-electron chi connectivity index (χ2n) is 4.85. The number of nitrogens with one attached hydrogen (secondary N) is 2. The number of ether oxygens (including phenoxy) is 1. The highest BCUT2D eigenvalue weighted by Crippen LogP contribution is 2.28. The largest absolute Gasteiger partial charge is 0.497 e. The predicted molar refractivity (Wildman–Crippen MR) is 89.7 cm³/mol. The summed E-state index contributed by atoms with van der Waals surface area (Å²) in [5.74, 6) is 0.714. The lowest BCUT2D eigenvalue weighted by Crippen LogP contribution is -2.18. The van der Waals surface area contributed by atoms with Crippen molar-refractivity contribution >= 4 is 21.4 Å². The van der Waals surface area contributed by atoms with E-state index in [0.29, 0.717) is 12.3 Å². The zero-order valence-corrected chi connectivity index (χ0v) is 14.0. The van der Waals surface area contributed by atoms with Crippen molar-refractivity contribution in [2.45, 2.75) is 11.4 Å². The number of nitro benzene ring substituents is 1. The molecule has 0 aromatic heterocycles. The minimum Gasteiger partial charge on any atom is -0.497 e. The first kappa shape index (κ1) is 17.7. The number of sulfonamides is 1. The first-order valence-electron chi connectivity index (χ1n) is 6.96. The summed E-state index contributed by atoms with van der Waals surface area (Å²) in [5, 5.41) is 14.2. The molecule has 128 valence electrons. The van der Waals surface area contributed by atoms with Crippen LogP contribution >= 0.6 is 0 Å². The van der Waals surface area contributed by atoms with Crippen LogP contribution in [-0.4, -0.2) is 27.5 Å². The normalized spacial score (nSPS) is 11.1. The molecule has 0 aliphatic carbocycles. The van der Waals surface area contributed by atoms with Crippen molar-refractivity contribution in [3.63, 3.8) is 0 Å². The van der Waals surface area contributed by atoms with Crippen LogP contribution in [-0.2, 0) is 16.6 Å². The SMILES string of the molecule is CNS(=O)(=O)c1ccc(NCc2ccc(OC)cc2)c([N+](=O)[O-])c1. The molecular weight excluding hydrogens is 334 g/mol. The molecule has 24 heavy (non-hydrogen) atoms. The third kappa shape index (κ3) is 4.00. The van der Waals surface area contributed by atoms with Crippen molar-refractivity contribution in [3.05, 3.63) is 58.1 Å². The van der Waals surface area contributed by atoms with Gasteiger partial charge in [-0.2, -0.15) is 0 Å². The van der Waals surface area contributed by atoms with Crippen molar-refractivity contribution in [1.29, 1.82) is 0 Å². The summed E-state index contributed by atoms with van der Waals surface area (Å²) < 4.78 is 30.7. The van der Waals surface area contributed by atoms with Crippen LogP contribution in [0.3, 0.4) is 0 Å². The van der Waals surface area contributed by atoms with E-state index in [1.165, 1.54) is 19.2 Å². The van der Waals surface area contributed by atoms with Crippen molar-refractivity contribution < 1.29 is 18.1 Å². The Hall–Kier alpha value is -2.65. The van der Waals surface area contributed by atoms with E-state index in [1.807, 2.05) is 12.1 Å². The van der Waals surface area contributed by atoms with Gasteiger partial charge in [0.25, 0.3) is 5.69 Å². The highest BCUT2D eigenvalue weighted by molar-refractivity contribution is 7.89. The van der Waals surface area contributed by atoms with Crippen LogP contribution < -0.4 is 14.8 Å². The fraction of sp³-hybridized carbons (Fsp3) is 0.200. The molecule has 0 bridgehead atoms. The maximum absolute atomic E-state index is 11.8. The molecule has 2 aromatic rings. The smallest absolute Gasteiger partial charge is 0.293 e. The zero-order chi connectivity index (χ0) is 17.7. The molecule has 0 radical (unpaired) electrons. The number of hydrogen-bond donors (Lipinski definition) is 2. The number of hydrogen-bond acceptors (Lipinski definition) is 6. The Morgan fingerprint density at radius 3 is 2.38 bits per heavy atom. The van der Waals surface area contributed by atoms with Gasteiger partial charge in [-0.05, 0) is 36.9 Å². The van der Waals surface area contributed by atoms with Gasteiger partial charge in [0.05, 0.1) is 16.9 Å². The number of methoxy groups -OCH3 is 1. The molecular formula is C15H17N3O5S. The standard InChI is InChI=1S/C15H17N3O5S/c1-16-24(21,22)13-7-8-14(15(9-13)18(19)20)17-10-11-3-5-12(23-2)6-4-11/h3-9,16-17H,10H2,1-2H3. The van der Waals surface area contributed by atoms with Crippen LogP contribution in [0.1, 0.15) is 5.56 Å². The summed E-state index contributed by atoms with van der Waals surface area (Å²) >= 11 is 0. The summed E-state index contributed by atoms with van der Waals surface area (Å²) in [6.07, 6.45) is 0. The fourth-order valence-corrected chi connectivity index (χ4v) is 2.79. The third-order valence-corrected chi connectivity index (χ3v) is 4.80. The van der Waals surface area contributed by atoms with Gasteiger partial charge in [-0.15, -0.1) is 0 Å². The molecule has 0 saturated heterocycles. The van der Waals surface area contributed by atoms with Crippen LogP contribution in [0.5, 0.6) is 5.75 Å². The summed E-state index contributed by atoms with van der Waals surface area (Å²) in [7, 11) is -0.928. The van der Waals surface area contributed by atoms with Crippen LogP contribution in [0.15, 0.2) is 47.4 Å². The van der Waals surface area contributed by atoms with E-state index in [2.05, 4.69) is 10.0 Å². The van der Waals surface area contributed by atoms with Crippen LogP contribution in [0.2, 0.25) is 0 Å². The van der Waals surface area contributed by atoms with Gasteiger partial charge < -0.3 is 10.1 Å². The van der Waals surface area contributed by atoms with Gasteiger partial charge >= 0.3 is 0 Å². The van der Waals surface area contributed by atoms with Crippen LogP contribution in [0.25, 0.3) is 0 Å². The zero-order valence-electron chi connectivity index (χ0n) is 13.1. The molecule has 0 fully saturated rings. The van der Waals surface area contributed by atoms with E-state index < -0.39 is 14.9 Å². The van der Waals surface area contributed by atoms with Crippen molar-refractivity contribution in [2.24, 2.45) is 0 Å². The number of nitro groups is 1. The lowest BCUT2D eigenvalue weighted by molar-refractivity contribution is -0.384. The highest BCUT2D eigenvalue weighted by Gasteiger charge is 2.20. The molecule has 0 spiro atoms. The summed E-state index contributed by atoms with van der Waals surface area (Å²) in [6.45, 7) is 0.350. The van der Waals surface area contributed by atoms with E-state index >= 15 is 0 Å². The molecule has 0 atom stereocenters. The fourth-order valence-electron chi connectivity index (χ4n) is 2.04. The molecule has 0 unspecified atom stereocenters. The van der Waals surface area contributed by atoms with Gasteiger partial charge in [0.15, 0.2) is 0 Å². The molecule has 0 aliphatic heterocycles. The number of nitrogens with zero attached hydrogens (tertiary/aromatic N) is 1. The maximum Gasteiger partial charge on any atom is 0.293 e. The van der Waals surface area contributed by atoms with Gasteiger partial charge in [0.2, 0.25) is 10.0 Å². The van der Waals surface area contributed by atoms with E-state index in [1.54, 1.807) is 19.2 Å². The molecule has 0 heterocycles. The Balaban J connectivity index is 2.24. The number of benzene rings is 2. The maximum atomic E-state index is 11.8. The van der Waals surface area contributed by atoms with Crippen LogP contribution in [0, 0.1) is 10.1 Å². The highest BCUT2D eigenvalue weighted by atomic mass is 32.2. The molecule has 2 rings (SSSR count). The van der Waals surface area contributed by atoms with Crippen molar-refractivity contribution in [1.82, 2.24) is 4.72 Å². The predicted octanol–water partition coefficient (Wildman–Crippen LogP) is 2.12. The van der Waals surface area contributed by atoms with Crippen LogP contribution in [0.4, 0.5) is 11.4 Å². The van der Waals surface area contributed by atoms with Gasteiger partial charge in [-0.3, -0.25) is 10.1 Å². The molecule has 8 nitrogen and oxygen atoms in total. The topological polar surface area (TPSA) is 111 Å². The molecule has 2 N–H and O–H groups in total. The molecule has 0 amide bonds. The molecule has 2 aromatic carbocycles. The monoisotopic (exact) mass is 351 g/mol. The van der Waals surface area contributed by atoms with Crippen molar-refractivity contribution in [3.8, 4) is 5.75 Å². The minimum absolute atomic E-state index is 0.160. The Labute approximate surface area is 139 Å². The lowest BCUT2D eigenvalue weighted by atomic mass is 10.2. The van der Waals surface area contributed by atoms with E-state index in [9.17, 15) is 18.5 Å². The van der Waals surface area contributed by atoms with Crippen molar-refractivity contribution in [2.75, 3.05) is 19.5 Å². The second-order valence-corrected chi connectivity index (χ2v) is 6.73. The Kier molecular flexibility index (Phi) is 5.37. The summed E-state index contributed by atoms with van der Waals surface area (Å²) in [4.78, 5) is 10.4. The number of rotatable bonds is 7. The molecule has 0 saturated carbocycles. The minimum atomic E-state index is -3.74. The quantitative estimate of drug-likeness (QED) is 0.584. The Morgan fingerprint density at radius 1 is 1.17 bits per heavy atom. The van der Waals surface area contributed by atoms with E-state index in [4.69, 9.17) is 4.74 Å². The number of anilines is 1. The first-order valence-corrected chi connectivity index (χ1v) is 8.44. The summed E-state index contributed by atoms with van der Waals surface area (Å²) in [6, 6.07) is 11.0. The molecule has 0 aliphatic rings. The average Bonchev–Trinajstić information content (AvgIpc) is 2.60. The first-order chi connectivity index (χ1) is 11.4.